The van der Waals surface area contributed by atoms with Gasteiger partial charge in [0.1, 0.15) is 23.0 Å². The van der Waals surface area contributed by atoms with E-state index in [2.05, 4.69) is 15.9 Å². The van der Waals surface area contributed by atoms with Gasteiger partial charge in [0.25, 0.3) is 5.91 Å². The summed E-state index contributed by atoms with van der Waals surface area (Å²) in [6.07, 6.45) is 2.73. The second kappa shape index (κ2) is 9.69. The van der Waals surface area contributed by atoms with Gasteiger partial charge in [0.15, 0.2) is 6.61 Å². The molecule has 7 heteroatoms. The highest BCUT2D eigenvalue weighted by Gasteiger charge is 2.23. The molecule has 0 spiro atoms. The third-order valence-electron chi connectivity index (χ3n) is 4.77. The summed E-state index contributed by atoms with van der Waals surface area (Å²) in [6.45, 7) is 1.13. The van der Waals surface area contributed by atoms with Crippen LogP contribution in [0.1, 0.15) is 12.0 Å². The molecule has 0 N–H and O–H groups in total. The van der Waals surface area contributed by atoms with Crippen LogP contribution in [0.2, 0.25) is 0 Å². The van der Waals surface area contributed by atoms with Crippen molar-refractivity contribution in [1.82, 2.24) is 4.90 Å². The molecule has 0 atom stereocenters. The molecular weight excluding hydrogens is 438 g/mol. The maximum absolute atomic E-state index is 12.5. The Balaban J connectivity index is 1.68. The predicted octanol–water partition coefficient (Wildman–Crippen LogP) is 4.17. The Morgan fingerprint density at radius 1 is 1.00 bits per heavy atom. The fourth-order valence-corrected chi connectivity index (χ4v) is 3.48. The molecule has 0 aromatic heterocycles. The van der Waals surface area contributed by atoms with Crippen molar-refractivity contribution in [2.75, 3.05) is 41.0 Å². The Bertz CT molecular complexity index is 870. The molecule has 3 rings (SSSR count). The number of nitrogens with zero attached hydrogens (tertiary/aromatic N) is 1. The van der Waals surface area contributed by atoms with Crippen molar-refractivity contribution in [2.24, 2.45) is 0 Å². The summed E-state index contributed by atoms with van der Waals surface area (Å²) >= 11 is 3.38. The summed E-state index contributed by atoms with van der Waals surface area (Å²) in [7, 11) is 4.85. The van der Waals surface area contributed by atoms with E-state index in [1.54, 1.807) is 26.2 Å². The third-order valence-corrected chi connectivity index (χ3v) is 5.30. The van der Waals surface area contributed by atoms with Crippen molar-refractivity contribution in [3.8, 4) is 23.0 Å². The minimum atomic E-state index is -0.0446. The van der Waals surface area contributed by atoms with Crippen LogP contribution in [0, 0.1) is 0 Å². The van der Waals surface area contributed by atoms with Crippen LogP contribution in [-0.2, 0) is 4.79 Å². The topological polar surface area (TPSA) is 57.2 Å². The van der Waals surface area contributed by atoms with Crippen molar-refractivity contribution in [2.45, 2.75) is 6.42 Å². The van der Waals surface area contributed by atoms with Gasteiger partial charge in [-0.25, -0.2) is 0 Å². The minimum Gasteiger partial charge on any atom is -0.496 e. The molecule has 1 aliphatic rings. The van der Waals surface area contributed by atoms with Crippen LogP contribution in [0.25, 0.3) is 5.57 Å². The first-order valence-electron chi connectivity index (χ1n) is 9.21. The minimum absolute atomic E-state index is 0.0139. The quantitative estimate of drug-likeness (QED) is 0.619. The summed E-state index contributed by atoms with van der Waals surface area (Å²) in [5.41, 5.74) is 1.98. The lowest BCUT2D eigenvalue weighted by molar-refractivity contribution is -0.132. The highest BCUT2D eigenvalue weighted by atomic mass is 79.9. The SMILES string of the molecule is COc1cc(OC)c(C2=CCN(C(=O)COc3ccc(Br)cc3)CC2)c(OC)c1. The smallest absolute Gasteiger partial charge is 0.260 e. The number of ether oxygens (including phenoxy) is 4. The van der Waals surface area contributed by atoms with E-state index in [1.807, 2.05) is 42.5 Å². The Morgan fingerprint density at radius 2 is 1.66 bits per heavy atom. The van der Waals surface area contributed by atoms with E-state index in [0.717, 1.165) is 15.6 Å². The molecule has 0 saturated heterocycles. The van der Waals surface area contributed by atoms with Crippen molar-refractivity contribution >= 4 is 27.4 Å². The number of benzene rings is 2. The van der Waals surface area contributed by atoms with Crippen LogP contribution in [-0.4, -0.2) is 51.8 Å². The van der Waals surface area contributed by atoms with E-state index in [-0.39, 0.29) is 12.5 Å². The first-order valence-corrected chi connectivity index (χ1v) is 10.0. The molecular formula is C22H24BrNO5. The molecule has 154 valence electrons. The van der Waals surface area contributed by atoms with Crippen LogP contribution in [0.5, 0.6) is 23.0 Å². The van der Waals surface area contributed by atoms with Crippen molar-refractivity contribution in [3.63, 3.8) is 0 Å². The predicted molar refractivity (Wildman–Crippen MR) is 115 cm³/mol. The second-order valence-electron chi connectivity index (χ2n) is 6.47. The van der Waals surface area contributed by atoms with E-state index < -0.39 is 0 Å². The summed E-state index contributed by atoms with van der Waals surface area (Å²) < 4.78 is 23.0. The molecule has 1 aliphatic heterocycles. The summed E-state index contributed by atoms with van der Waals surface area (Å²) in [5, 5.41) is 0. The Kier molecular flexibility index (Phi) is 7.04. The third kappa shape index (κ3) is 5.03. The lowest BCUT2D eigenvalue weighted by Gasteiger charge is -2.28. The van der Waals surface area contributed by atoms with Crippen LogP contribution < -0.4 is 18.9 Å². The van der Waals surface area contributed by atoms with Crippen molar-refractivity contribution < 1.29 is 23.7 Å². The van der Waals surface area contributed by atoms with E-state index >= 15 is 0 Å². The number of halogens is 1. The Morgan fingerprint density at radius 3 is 2.17 bits per heavy atom. The molecule has 0 fully saturated rings. The molecule has 0 unspecified atom stereocenters. The first kappa shape index (κ1) is 21.0. The molecule has 0 aliphatic carbocycles. The largest absolute Gasteiger partial charge is 0.496 e. The normalized spacial score (nSPS) is 13.5. The Hall–Kier alpha value is -2.67. The zero-order valence-corrected chi connectivity index (χ0v) is 18.3. The lowest BCUT2D eigenvalue weighted by atomic mass is 9.97. The highest BCUT2D eigenvalue weighted by molar-refractivity contribution is 9.10. The number of rotatable bonds is 7. The van der Waals surface area contributed by atoms with E-state index in [0.29, 0.717) is 42.5 Å². The molecule has 2 aromatic carbocycles. The maximum atomic E-state index is 12.5. The van der Waals surface area contributed by atoms with Gasteiger partial charge in [-0.2, -0.15) is 0 Å². The van der Waals surface area contributed by atoms with E-state index in [9.17, 15) is 4.79 Å². The van der Waals surface area contributed by atoms with Gasteiger partial charge in [0, 0.05) is 29.7 Å². The van der Waals surface area contributed by atoms with Gasteiger partial charge >= 0.3 is 0 Å². The number of hydrogen-bond donors (Lipinski definition) is 0. The van der Waals surface area contributed by atoms with Gasteiger partial charge < -0.3 is 23.8 Å². The molecule has 1 amide bonds. The molecule has 2 aromatic rings. The van der Waals surface area contributed by atoms with Crippen molar-refractivity contribution in [3.05, 3.63) is 52.5 Å². The lowest BCUT2D eigenvalue weighted by Crippen LogP contribution is -2.37. The zero-order chi connectivity index (χ0) is 20.8. The van der Waals surface area contributed by atoms with E-state index in [4.69, 9.17) is 18.9 Å². The average Bonchev–Trinajstić information content (AvgIpc) is 2.77. The van der Waals surface area contributed by atoms with Gasteiger partial charge in [-0.05, 0) is 36.3 Å². The van der Waals surface area contributed by atoms with Gasteiger partial charge in [-0.3, -0.25) is 4.79 Å². The second-order valence-corrected chi connectivity index (χ2v) is 7.38. The first-order chi connectivity index (χ1) is 14.0. The summed E-state index contributed by atoms with van der Waals surface area (Å²) in [6, 6.07) is 11.1. The summed E-state index contributed by atoms with van der Waals surface area (Å²) in [4.78, 5) is 14.3. The van der Waals surface area contributed by atoms with Gasteiger partial charge in [-0.15, -0.1) is 0 Å². The van der Waals surface area contributed by atoms with Crippen molar-refractivity contribution in [1.29, 1.82) is 0 Å². The molecule has 6 nitrogen and oxygen atoms in total. The number of hydrogen-bond acceptors (Lipinski definition) is 5. The molecule has 0 bridgehead atoms. The van der Waals surface area contributed by atoms with Crippen LogP contribution in [0.15, 0.2) is 46.9 Å². The number of carbonyl (C=O) groups is 1. The van der Waals surface area contributed by atoms with Gasteiger partial charge in [0.2, 0.25) is 0 Å². The zero-order valence-electron chi connectivity index (χ0n) is 16.7. The average molecular weight is 462 g/mol. The summed E-state index contributed by atoms with van der Waals surface area (Å²) in [5.74, 6) is 2.66. The monoisotopic (exact) mass is 461 g/mol. The highest BCUT2D eigenvalue weighted by Crippen LogP contribution is 2.40. The maximum Gasteiger partial charge on any atom is 0.260 e. The molecule has 0 saturated carbocycles. The Labute approximate surface area is 179 Å². The van der Waals surface area contributed by atoms with E-state index in [1.165, 1.54) is 0 Å². The standard InChI is InChI=1S/C22H24BrNO5/c1-26-18-12-19(27-2)22(20(13-18)28-3)15-8-10-24(11-9-15)21(25)14-29-17-6-4-16(23)5-7-17/h4-8,12-13H,9-11,14H2,1-3H3. The number of carbonyl (C=O) groups excluding carboxylic acids is 1. The molecule has 29 heavy (non-hydrogen) atoms. The fraction of sp³-hybridized carbons (Fsp3) is 0.318. The van der Waals surface area contributed by atoms with Gasteiger partial charge in [0.05, 0.1) is 26.9 Å². The van der Waals surface area contributed by atoms with Crippen LogP contribution >= 0.6 is 15.9 Å². The number of amides is 1. The number of methoxy groups -OCH3 is 3. The van der Waals surface area contributed by atoms with Crippen LogP contribution in [0.3, 0.4) is 0 Å². The molecule has 1 heterocycles. The van der Waals surface area contributed by atoms with Gasteiger partial charge in [-0.1, -0.05) is 22.0 Å². The van der Waals surface area contributed by atoms with Crippen LogP contribution in [0.4, 0.5) is 0 Å². The molecule has 0 radical (unpaired) electrons. The fourth-order valence-electron chi connectivity index (χ4n) is 3.21.